The minimum atomic E-state index is 0.172. The number of nitriles is 1. The lowest BCUT2D eigenvalue weighted by Gasteiger charge is -2.21. The molecule has 19 heavy (non-hydrogen) atoms. The first-order valence-corrected chi connectivity index (χ1v) is 6.50. The molecule has 0 aliphatic heterocycles. The second kappa shape index (κ2) is 4.77. The molecule has 1 aliphatic rings. The molecule has 1 heterocycles. The predicted octanol–water partition coefficient (Wildman–Crippen LogP) is 3.06. The number of rotatable bonds is 2. The first-order valence-electron chi connectivity index (χ1n) is 6.50. The lowest BCUT2D eigenvalue weighted by molar-refractivity contribution is 0.419. The van der Waals surface area contributed by atoms with Crippen LogP contribution in [0.2, 0.25) is 0 Å². The van der Waals surface area contributed by atoms with Crippen LogP contribution in [0.5, 0.6) is 0 Å². The van der Waals surface area contributed by atoms with Crippen molar-refractivity contribution in [1.29, 1.82) is 5.26 Å². The van der Waals surface area contributed by atoms with Crippen LogP contribution in [0.15, 0.2) is 28.8 Å². The van der Waals surface area contributed by atoms with E-state index in [-0.39, 0.29) is 5.92 Å². The Labute approximate surface area is 112 Å². The Morgan fingerprint density at radius 1 is 1.42 bits per heavy atom. The molecule has 0 saturated carbocycles. The zero-order valence-corrected chi connectivity index (χ0v) is 10.8. The van der Waals surface area contributed by atoms with Crippen LogP contribution in [-0.4, -0.2) is 12.2 Å². The molecule has 1 aliphatic carbocycles. The van der Waals surface area contributed by atoms with Crippen LogP contribution in [0, 0.1) is 11.3 Å². The van der Waals surface area contributed by atoms with E-state index in [0.717, 1.165) is 47.5 Å². The Kier molecular flexibility index (Phi) is 2.96. The molecule has 1 N–H and O–H groups in total. The van der Waals surface area contributed by atoms with Gasteiger partial charge in [-0.1, -0.05) is 23.4 Å². The standard InChI is InChI=1S/C15H15N3O/c1-17-15-13-8-4-7-12(14(13)18-19-15)11-6-3-2-5-10(11)9-16/h2-3,5-6,12,17H,4,7-8H2,1H3. The zero-order valence-electron chi connectivity index (χ0n) is 10.8. The average molecular weight is 253 g/mol. The summed E-state index contributed by atoms with van der Waals surface area (Å²) in [6.45, 7) is 0. The minimum absolute atomic E-state index is 0.172. The van der Waals surface area contributed by atoms with Gasteiger partial charge in [0.1, 0.15) is 0 Å². The Balaban J connectivity index is 2.09. The minimum Gasteiger partial charge on any atom is -0.357 e. The highest BCUT2D eigenvalue weighted by atomic mass is 16.5. The molecule has 1 atom stereocenters. The van der Waals surface area contributed by atoms with E-state index in [4.69, 9.17) is 4.52 Å². The fraction of sp³-hybridized carbons (Fsp3) is 0.333. The first kappa shape index (κ1) is 11.8. The van der Waals surface area contributed by atoms with Crippen LogP contribution in [-0.2, 0) is 6.42 Å². The van der Waals surface area contributed by atoms with E-state index in [1.54, 1.807) is 0 Å². The molecule has 4 heteroatoms. The molecule has 0 saturated heterocycles. The van der Waals surface area contributed by atoms with E-state index in [2.05, 4.69) is 16.5 Å². The maximum Gasteiger partial charge on any atom is 0.227 e. The fourth-order valence-corrected chi connectivity index (χ4v) is 2.86. The Morgan fingerprint density at radius 3 is 3.05 bits per heavy atom. The lowest BCUT2D eigenvalue weighted by Crippen LogP contribution is -2.12. The Bertz CT molecular complexity index is 639. The summed E-state index contributed by atoms with van der Waals surface area (Å²) in [5.74, 6) is 0.930. The molecular weight excluding hydrogens is 238 g/mol. The number of benzene rings is 1. The number of hydrogen-bond acceptors (Lipinski definition) is 4. The van der Waals surface area contributed by atoms with Gasteiger partial charge in [-0.3, -0.25) is 0 Å². The van der Waals surface area contributed by atoms with Crippen molar-refractivity contribution in [3.63, 3.8) is 0 Å². The van der Waals surface area contributed by atoms with Gasteiger partial charge in [0.15, 0.2) is 0 Å². The highest BCUT2D eigenvalue weighted by molar-refractivity contribution is 5.50. The molecule has 4 nitrogen and oxygen atoms in total. The van der Waals surface area contributed by atoms with Crippen LogP contribution >= 0.6 is 0 Å². The number of fused-ring (bicyclic) bond motifs is 1. The molecule has 96 valence electrons. The summed E-state index contributed by atoms with van der Waals surface area (Å²) in [5, 5.41) is 16.5. The molecule has 0 fully saturated rings. The maximum absolute atomic E-state index is 9.24. The third-order valence-electron chi connectivity index (χ3n) is 3.75. The topological polar surface area (TPSA) is 61.9 Å². The quantitative estimate of drug-likeness (QED) is 0.893. The number of nitrogens with one attached hydrogen (secondary N) is 1. The van der Waals surface area contributed by atoms with Crippen molar-refractivity contribution in [2.75, 3.05) is 12.4 Å². The largest absolute Gasteiger partial charge is 0.357 e. The summed E-state index contributed by atoms with van der Waals surface area (Å²) in [6.07, 6.45) is 3.09. The molecule has 0 amide bonds. The molecule has 0 bridgehead atoms. The molecule has 1 aromatic carbocycles. The van der Waals surface area contributed by atoms with Crippen molar-refractivity contribution >= 4 is 5.88 Å². The number of nitrogens with zero attached hydrogens (tertiary/aromatic N) is 2. The smallest absolute Gasteiger partial charge is 0.227 e. The number of hydrogen-bond donors (Lipinski definition) is 1. The molecular formula is C15H15N3O. The zero-order chi connectivity index (χ0) is 13.2. The van der Waals surface area contributed by atoms with Crippen LogP contribution in [0.25, 0.3) is 0 Å². The van der Waals surface area contributed by atoms with Crippen molar-refractivity contribution in [3.05, 3.63) is 46.6 Å². The van der Waals surface area contributed by atoms with Gasteiger partial charge in [0.2, 0.25) is 5.88 Å². The van der Waals surface area contributed by atoms with Gasteiger partial charge in [0.05, 0.1) is 17.3 Å². The molecule has 2 aromatic rings. The molecule has 0 radical (unpaired) electrons. The van der Waals surface area contributed by atoms with Gasteiger partial charge in [0.25, 0.3) is 0 Å². The molecule has 1 unspecified atom stereocenters. The third kappa shape index (κ3) is 1.88. The van der Waals surface area contributed by atoms with Crippen LogP contribution in [0.1, 0.15) is 41.1 Å². The van der Waals surface area contributed by atoms with E-state index >= 15 is 0 Å². The van der Waals surface area contributed by atoms with Gasteiger partial charge < -0.3 is 9.84 Å². The van der Waals surface area contributed by atoms with E-state index in [1.807, 2.05) is 31.3 Å². The van der Waals surface area contributed by atoms with Crippen molar-refractivity contribution in [2.45, 2.75) is 25.2 Å². The van der Waals surface area contributed by atoms with Crippen molar-refractivity contribution in [3.8, 4) is 6.07 Å². The van der Waals surface area contributed by atoms with E-state index in [1.165, 1.54) is 0 Å². The molecule has 3 rings (SSSR count). The van der Waals surface area contributed by atoms with Gasteiger partial charge in [-0.05, 0) is 30.9 Å². The normalized spacial score (nSPS) is 17.6. The maximum atomic E-state index is 9.24. The van der Waals surface area contributed by atoms with Crippen LogP contribution in [0.3, 0.4) is 0 Å². The monoisotopic (exact) mass is 253 g/mol. The Hall–Kier alpha value is -2.28. The summed E-state index contributed by atoms with van der Waals surface area (Å²) >= 11 is 0. The second-order valence-corrected chi connectivity index (χ2v) is 4.77. The van der Waals surface area contributed by atoms with Gasteiger partial charge in [-0.2, -0.15) is 5.26 Å². The number of anilines is 1. The van der Waals surface area contributed by atoms with E-state index in [9.17, 15) is 5.26 Å². The van der Waals surface area contributed by atoms with Crippen molar-refractivity contribution < 1.29 is 4.52 Å². The fourth-order valence-electron chi connectivity index (χ4n) is 2.86. The van der Waals surface area contributed by atoms with Gasteiger partial charge in [-0.25, -0.2) is 0 Å². The van der Waals surface area contributed by atoms with Gasteiger partial charge in [-0.15, -0.1) is 0 Å². The first-order chi connectivity index (χ1) is 9.35. The van der Waals surface area contributed by atoms with Crippen molar-refractivity contribution in [2.24, 2.45) is 0 Å². The summed E-state index contributed by atoms with van der Waals surface area (Å²) < 4.78 is 5.35. The van der Waals surface area contributed by atoms with Gasteiger partial charge in [0, 0.05) is 18.5 Å². The predicted molar refractivity (Wildman–Crippen MR) is 72.0 cm³/mol. The summed E-state index contributed by atoms with van der Waals surface area (Å²) in [5.41, 5.74) is 3.93. The van der Waals surface area contributed by atoms with Crippen LogP contribution < -0.4 is 5.32 Å². The lowest BCUT2D eigenvalue weighted by atomic mass is 9.81. The SMILES string of the molecule is CNc1onc2c1CCCC2c1ccccc1C#N. The van der Waals surface area contributed by atoms with Crippen LogP contribution in [0.4, 0.5) is 5.88 Å². The van der Waals surface area contributed by atoms with Gasteiger partial charge >= 0.3 is 0 Å². The molecule has 0 spiro atoms. The summed E-state index contributed by atoms with van der Waals surface area (Å²) in [6, 6.07) is 10.0. The highest BCUT2D eigenvalue weighted by Gasteiger charge is 2.29. The summed E-state index contributed by atoms with van der Waals surface area (Å²) in [7, 11) is 1.84. The average Bonchev–Trinajstić information content (AvgIpc) is 2.90. The van der Waals surface area contributed by atoms with Crippen molar-refractivity contribution in [1.82, 2.24) is 5.16 Å². The third-order valence-corrected chi connectivity index (χ3v) is 3.75. The van der Waals surface area contributed by atoms with E-state index < -0.39 is 0 Å². The number of aromatic nitrogens is 1. The highest BCUT2D eigenvalue weighted by Crippen LogP contribution is 2.39. The Morgan fingerprint density at radius 2 is 2.26 bits per heavy atom. The molecule has 1 aromatic heterocycles. The summed E-state index contributed by atoms with van der Waals surface area (Å²) in [4.78, 5) is 0. The second-order valence-electron chi connectivity index (χ2n) is 4.77. The van der Waals surface area contributed by atoms with E-state index in [0.29, 0.717) is 0 Å².